The van der Waals surface area contributed by atoms with Crippen molar-refractivity contribution in [3.8, 4) is 0 Å². The fourth-order valence-electron chi connectivity index (χ4n) is 0.808. The van der Waals surface area contributed by atoms with E-state index in [1.807, 2.05) is 0 Å². The van der Waals surface area contributed by atoms with Crippen LogP contribution >= 0.6 is 0 Å². The van der Waals surface area contributed by atoms with E-state index in [4.69, 9.17) is 4.74 Å². The van der Waals surface area contributed by atoms with Crippen LogP contribution in [0.4, 0.5) is 0 Å². The highest BCUT2D eigenvalue weighted by atomic mass is 16.5. The van der Waals surface area contributed by atoms with Gasteiger partial charge in [-0.15, -0.1) is 0 Å². The minimum absolute atomic E-state index is 0.844. The van der Waals surface area contributed by atoms with Gasteiger partial charge in [0.2, 0.25) is 0 Å². The zero-order chi connectivity index (χ0) is 5.66. The van der Waals surface area contributed by atoms with Crippen molar-refractivity contribution in [3.63, 3.8) is 0 Å². The lowest BCUT2D eigenvalue weighted by Gasteiger charge is -2.06. The van der Waals surface area contributed by atoms with Gasteiger partial charge >= 0.3 is 0 Å². The predicted molar refractivity (Wildman–Crippen MR) is 33.3 cm³/mol. The molecule has 0 aromatic rings. The van der Waals surface area contributed by atoms with Gasteiger partial charge in [-0.3, -0.25) is 0 Å². The number of rotatable bonds is 0. The molecule has 1 fully saturated rings. The van der Waals surface area contributed by atoms with Crippen LogP contribution in [-0.2, 0) is 4.74 Å². The van der Waals surface area contributed by atoms with Crippen LogP contribution in [0.2, 0.25) is 0 Å². The minimum Gasteiger partial charge on any atom is -0.381 e. The van der Waals surface area contributed by atoms with Gasteiger partial charge in [0.05, 0.1) is 0 Å². The molecule has 0 unspecified atom stereocenters. The van der Waals surface area contributed by atoms with E-state index in [-0.39, 0.29) is 0 Å². The summed E-state index contributed by atoms with van der Waals surface area (Å²) in [6, 6.07) is 0. The first-order chi connectivity index (χ1) is 4.00. The number of ether oxygens (including phenoxy) is 1. The van der Waals surface area contributed by atoms with Gasteiger partial charge in [0.25, 0.3) is 0 Å². The van der Waals surface area contributed by atoms with E-state index >= 15 is 0 Å². The van der Waals surface area contributed by atoms with E-state index < -0.39 is 0 Å². The molecule has 2 radical (unpaired) electrons. The second-order valence-electron chi connectivity index (χ2n) is 2.05. The average molecular weight is 112 g/mol. The Morgan fingerprint density at radius 3 is 2.25 bits per heavy atom. The van der Waals surface area contributed by atoms with Gasteiger partial charge in [-0.05, 0) is 25.7 Å². The smallest absolute Gasteiger partial charge is 0.0497 e. The highest BCUT2D eigenvalue weighted by molar-refractivity contribution is 4.72. The molecule has 1 rings (SSSR count). The summed E-state index contributed by atoms with van der Waals surface area (Å²) in [6.07, 6.45) is 8.15. The van der Waals surface area contributed by atoms with Crippen molar-refractivity contribution in [2.45, 2.75) is 19.3 Å². The first-order valence-electron chi connectivity index (χ1n) is 3.21. The molecule has 0 bridgehead atoms. The van der Waals surface area contributed by atoms with Crippen molar-refractivity contribution in [2.24, 2.45) is 0 Å². The Hall–Kier alpha value is -0.0400. The molecule has 46 valence electrons. The molecule has 8 heavy (non-hydrogen) atoms. The first-order valence-corrected chi connectivity index (χ1v) is 3.21. The van der Waals surface area contributed by atoms with Gasteiger partial charge < -0.3 is 4.74 Å². The predicted octanol–water partition coefficient (Wildman–Crippen LogP) is 1.60. The zero-order valence-electron chi connectivity index (χ0n) is 5.10. The fraction of sp³-hybridized carbons (Fsp3) is 0.714. The summed E-state index contributed by atoms with van der Waals surface area (Å²) in [5.74, 6) is 0. The van der Waals surface area contributed by atoms with Crippen LogP contribution in [0, 0.1) is 12.8 Å². The van der Waals surface area contributed by atoms with E-state index in [9.17, 15) is 0 Å². The van der Waals surface area contributed by atoms with Crippen LogP contribution in [0.3, 0.4) is 0 Å². The molecule has 0 aromatic carbocycles. The highest BCUT2D eigenvalue weighted by Crippen LogP contribution is 2.05. The van der Waals surface area contributed by atoms with E-state index in [1.54, 1.807) is 0 Å². The van der Waals surface area contributed by atoms with Crippen molar-refractivity contribution >= 4 is 0 Å². The van der Waals surface area contributed by atoms with Crippen LogP contribution in [0.25, 0.3) is 0 Å². The van der Waals surface area contributed by atoms with Gasteiger partial charge in [-0.1, -0.05) is 6.42 Å². The van der Waals surface area contributed by atoms with Crippen molar-refractivity contribution in [1.29, 1.82) is 0 Å². The van der Waals surface area contributed by atoms with E-state index in [0.29, 0.717) is 0 Å². The molecule has 0 aliphatic carbocycles. The molecule has 1 heterocycles. The molecular formula is C7H12O. The van der Waals surface area contributed by atoms with Gasteiger partial charge in [-0.2, -0.15) is 0 Å². The summed E-state index contributed by atoms with van der Waals surface area (Å²) < 4.78 is 5.16. The van der Waals surface area contributed by atoms with Crippen molar-refractivity contribution < 1.29 is 4.74 Å². The SMILES string of the molecule is [CH]1CCC[CH]COC1. The van der Waals surface area contributed by atoms with E-state index in [0.717, 1.165) is 13.2 Å². The molecule has 1 saturated heterocycles. The average Bonchev–Trinajstić information content (AvgIpc) is 1.62. The van der Waals surface area contributed by atoms with Gasteiger partial charge in [0.1, 0.15) is 0 Å². The molecule has 1 aliphatic rings. The van der Waals surface area contributed by atoms with Crippen LogP contribution in [0.5, 0.6) is 0 Å². The van der Waals surface area contributed by atoms with Crippen LogP contribution < -0.4 is 0 Å². The summed E-state index contributed by atoms with van der Waals surface area (Å²) >= 11 is 0. The zero-order valence-corrected chi connectivity index (χ0v) is 5.10. The Bertz CT molecular complexity index is 28.3. The molecule has 0 aromatic heterocycles. The minimum atomic E-state index is 0.844. The van der Waals surface area contributed by atoms with Gasteiger partial charge in [0.15, 0.2) is 0 Å². The molecule has 1 aliphatic heterocycles. The van der Waals surface area contributed by atoms with Gasteiger partial charge in [-0.25, -0.2) is 0 Å². The van der Waals surface area contributed by atoms with Crippen LogP contribution in [0.15, 0.2) is 0 Å². The lowest BCUT2D eigenvalue weighted by molar-refractivity contribution is 0.165. The summed E-state index contributed by atoms with van der Waals surface area (Å²) in [6.45, 7) is 1.69. The third-order valence-electron chi connectivity index (χ3n) is 1.29. The molecular weight excluding hydrogens is 100 g/mol. The largest absolute Gasteiger partial charge is 0.381 e. The fourth-order valence-corrected chi connectivity index (χ4v) is 0.808. The monoisotopic (exact) mass is 112 g/mol. The molecule has 0 amide bonds. The van der Waals surface area contributed by atoms with Crippen LogP contribution in [0.1, 0.15) is 19.3 Å². The van der Waals surface area contributed by atoms with E-state index in [1.165, 1.54) is 19.3 Å². The standard InChI is InChI=1S/C7H12O/c1-2-4-6-8-7-5-3-1/h4-5H,1-3,6-7H2. The third kappa shape index (κ3) is 2.31. The molecule has 1 heteroatoms. The Morgan fingerprint density at radius 1 is 1.00 bits per heavy atom. The number of hydrogen-bond donors (Lipinski definition) is 0. The highest BCUT2D eigenvalue weighted by Gasteiger charge is 1.95. The maximum Gasteiger partial charge on any atom is 0.0497 e. The molecule has 0 atom stereocenters. The van der Waals surface area contributed by atoms with E-state index in [2.05, 4.69) is 12.8 Å². The molecule has 0 spiro atoms. The Labute approximate surface area is 51.0 Å². The summed E-state index contributed by atoms with van der Waals surface area (Å²) in [4.78, 5) is 0. The summed E-state index contributed by atoms with van der Waals surface area (Å²) in [5, 5.41) is 0. The summed E-state index contributed by atoms with van der Waals surface area (Å²) in [5.41, 5.74) is 0. The quantitative estimate of drug-likeness (QED) is 0.462. The Kier molecular flexibility index (Phi) is 2.97. The Morgan fingerprint density at radius 2 is 1.62 bits per heavy atom. The maximum absolute atomic E-state index is 5.16. The van der Waals surface area contributed by atoms with Crippen molar-refractivity contribution in [1.82, 2.24) is 0 Å². The third-order valence-corrected chi connectivity index (χ3v) is 1.29. The summed E-state index contributed by atoms with van der Waals surface area (Å²) in [7, 11) is 0. The first kappa shape index (κ1) is 6.09. The van der Waals surface area contributed by atoms with Crippen molar-refractivity contribution in [3.05, 3.63) is 12.8 Å². The number of hydrogen-bond acceptors (Lipinski definition) is 1. The Balaban J connectivity index is 2.00. The normalized spacial score (nSPS) is 24.0. The maximum atomic E-state index is 5.16. The lowest BCUT2D eigenvalue weighted by atomic mass is 10.1. The second kappa shape index (κ2) is 3.90. The van der Waals surface area contributed by atoms with Crippen molar-refractivity contribution in [2.75, 3.05) is 13.2 Å². The second-order valence-corrected chi connectivity index (χ2v) is 2.05. The lowest BCUT2D eigenvalue weighted by Crippen LogP contribution is -2.01. The topological polar surface area (TPSA) is 9.23 Å². The molecule has 0 saturated carbocycles. The molecule has 1 nitrogen and oxygen atoms in total. The molecule has 0 N–H and O–H groups in total. The van der Waals surface area contributed by atoms with Crippen LogP contribution in [-0.4, -0.2) is 13.2 Å². The van der Waals surface area contributed by atoms with Gasteiger partial charge in [0, 0.05) is 13.2 Å².